The van der Waals surface area contributed by atoms with Crippen molar-refractivity contribution < 1.29 is 18.0 Å². The van der Waals surface area contributed by atoms with Crippen molar-refractivity contribution in [3.8, 4) is 0 Å². The molecule has 4 fully saturated rings. The first-order chi connectivity index (χ1) is 15.9. The van der Waals surface area contributed by atoms with Crippen LogP contribution in [0, 0.1) is 11.8 Å². The summed E-state index contributed by atoms with van der Waals surface area (Å²) >= 11 is 0. The van der Waals surface area contributed by atoms with Gasteiger partial charge >= 0.3 is 0 Å². The maximum atomic E-state index is 13.3. The van der Waals surface area contributed by atoms with Crippen molar-refractivity contribution in [2.24, 2.45) is 11.8 Å². The van der Waals surface area contributed by atoms with Crippen LogP contribution in [0.15, 0.2) is 0 Å². The van der Waals surface area contributed by atoms with E-state index in [-0.39, 0.29) is 35.0 Å². The fraction of sp³-hybridized carbons (Fsp3) is 0.920. The van der Waals surface area contributed by atoms with Crippen LogP contribution in [0.3, 0.4) is 0 Å². The van der Waals surface area contributed by atoms with Gasteiger partial charge in [0.15, 0.2) is 9.84 Å². The Balaban J connectivity index is 1.18. The van der Waals surface area contributed by atoms with Crippen LogP contribution >= 0.6 is 0 Å². The molecule has 1 aliphatic heterocycles. The summed E-state index contributed by atoms with van der Waals surface area (Å²) in [4.78, 5) is 28.2. The quantitative estimate of drug-likeness (QED) is 0.555. The molecule has 8 heteroatoms. The van der Waals surface area contributed by atoms with Gasteiger partial charge < -0.3 is 10.2 Å². The van der Waals surface area contributed by atoms with Gasteiger partial charge in [0.25, 0.3) is 0 Å². The number of nitrogens with one attached hydrogen (secondary N) is 2. The minimum Gasteiger partial charge on any atom is -0.353 e. The van der Waals surface area contributed by atoms with E-state index in [0.29, 0.717) is 37.1 Å². The summed E-state index contributed by atoms with van der Waals surface area (Å²) in [6.45, 7) is 2.73. The van der Waals surface area contributed by atoms with Gasteiger partial charge in [0.05, 0.1) is 11.4 Å². The van der Waals surface area contributed by atoms with Crippen LogP contribution in [0.4, 0.5) is 0 Å². The van der Waals surface area contributed by atoms with E-state index in [1.54, 1.807) is 6.92 Å². The number of nitrogens with zero attached hydrogens (tertiary/aromatic N) is 1. The summed E-state index contributed by atoms with van der Waals surface area (Å²) in [5, 5.41) is 6.56. The second kappa shape index (κ2) is 11.1. The van der Waals surface area contributed by atoms with Crippen LogP contribution in [-0.4, -0.2) is 60.9 Å². The lowest BCUT2D eigenvalue weighted by atomic mass is 9.84. The summed E-state index contributed by atoms with van der Waals surface area (Å²) in [5.74, 6) is 1.03. The smallest absolute Gasteiger partial charge is 0.227 e. The Kier molecular flexibility index (Phi) is 8.37. The number of piperidine rings is 1. The van der Waals surface area contributed by atoms with Crippen molar-refractivity contribution in [1.29, 1.82) is 0 Å². The van der Waals surface area contributed by atoms with Gasteiger partial charge in [-0.25, -0.2) is 8.42 Å². The molecular formula is C25H43N3O4S. The topological polar surface area (TPSA) is 95.6 Å². The molecule has 0 aromatic rings. The first-order valence-corrected chi connectivity index (χ1v) is 15.2. The molecule has 3 saturated carbocycles. The maximum Gasteiger partial charge on any atom is 0.227 e. The molecule has 0 radical (unpaired) electrons. The molecule has 7 nitrogen and oxygen atoms in total. The van der Waals surface area contributed by atoms with Crippen molar-refractivity contribution in [3.05, 3.63) is 0 Å². The Labute approximate surface area is 199 Å². The highest BCUT2D eigenvalue weighted by molar-refractivity contribution is 7.92. The molecule has 4 rings (SSSR count). The van der Waals surface area contributed by atoms with E-state index in [9.17, 15) is 18.0 Å². The zero-order chi connectivity index (χ0) is 23.4. The van der Waals surface area contributed by atoms with Crippen molar-refractivity contribution in [3.63, 3.8) is 0 Å². The molecular weight excluding hydrogens is 438 g/mol. The summed E-state index contributed by atoms with van der Waals surface area (Å²) < 4.78 is 24.2. The number of carbonyl (C=O) groups excluding carboxylic acids is 2. The molecule has 1 saturated heterocycles. The number of hydrogen-bond acceptors (Lipinski definition) is 5. The second-order valence-corrected chi connectivity index (χ2v) is 13.4. The number of rotatable bonds is 8. The van der Waals surface area contributed by atoms with Crippen LogP contribution in [0.25, 0.3) is 0 Å². The zero-order valence-electron chi connectivity index (χ0n) is 20.3. The van der Waals surface area contributed by atoms with Crippen molar-refractivity contribution in [2.45, 2.75) is 120 Å². The van der Waals surface area contributed by atoms with Gasteiger partial charge in [0.2, 0.25) is 11.8 Å². The van der Waals surface area contributed by atoms with Gasteiger partial charge in [0, 0.05) is 30.2 Å². The number of sulfone groups is 1. The highest BCUT2D eigenvalue weighted by Crippen LogP contribution is 2.35. The zero-order valence-corrected chi connectivity index (χ0v) is 21.1. The monoisotopic (exact) mass is 481 g/mol. The van der Waals surface area contributed by atoms with Gasteiger partial charge in [-0.2, -0.15) is 0 Å². The molecule has 33 heavy (non-hydrogen) atoms. The Morgan fingerprint density at radius 1 is 0.909 bits per heavy atom. The molecule has 2 amide bonds. The highest BCUT2D eigenvalue weighted by Gasteiger charge is 2.41. The first kappa shape index (κ1) is 25.0. The summed E-state index contributed by atoms with van der Waals surface area (Å²) in [7, 11) is -2.96. The van der Waals surface area contributed by atoms with Crippen LogP contribution in [0.2, 0.25) is 0 Å². The minimum absolute atomic E-state index is 0.0950. The van der Waals surface area contributed by atoms with E-state index in [2.05, 4.69) is 15.5 Å². The number of hydrogen-bond donors (Lipinski definition) is 2. The van der Waals surface area contributed by atoms with E-state index >= 15 is 0 Å². The molecule has 4 aliphatic rings. The third kappa shape index (κ3) is 6.50. The molecule has 1 unspecified atom stereocenters. The molecule has 3 aliphatic carbocycles. The third-order valence-corrected chi connectivity index (χ3v) is 10.7. The van der Waals surface area contributed by atoms with E-state index in [1.807, 2.05) is 0 Å². The summed E-state index contributed by atoms with van der Waals surface area (Å²) in [6.07, 6.45) is 13.0. The van der Waals surface area contributed by atoms with Crippen LogP contribution in [0.1, 0.15) is 96.8 Å². The Morgan fingerprint density at radius 3 is 2.18 bits per heavy atom. The fourth-order valence-corrected chi connectivity index (χ4v) is 7.65. The lowest BCUT2D eigenvalue weighted by Crippen LogP contribution is -2.54. The summed E-state index contributed by atoms with van der Waals surface area (Å²) in [5.41, 5.74) is 0. The van der Waals surface area contributed by atoms with Gasteiger partial charge in [-0.1, -0.05) is 6.92 Å². The van der Waals surface area contributed by atoms with Crippen molar-refractivity contribution in [2.75, 3.05) is 12.3 Å². The highest BCUT2D eigenvalue weighted by atomic mass is 32.2. The second-order valence-electron chi connectivity index (χ2n) is 10.9. The largest absolute Gasteiger partial charge is 0.353 e. The normalized spacial score (nSPS) is 33.3. The predicted molar refractivity (Wildman–Crippen MR) is 129 cm³/mol. The van der Waals surface area contributed by atoms with Gasteiger partial charge in [-0.15, -0.1) is 0 Å². The van der Waals surface area contributed by atoms with Gasteiger partial charge in [0.1, 0.15) is 0 Å². The molecule has 0 aromatic carbocycles. The third-order valence-electron chi connectivity index (χ3n) is 8.43. The van der Waals surface area contributed by atoms with E-state index in [4.69, 9.17) is 0 Å². The van der Waals surface area contributed by atoms with E-state index in [1.165, 1.54) is 12.8 Å². The SMILES string of the molecule is CCS(=O)(=O)C1CCC(CC(=O)NC2CCC(C(=O)N(C3CC3)C3CCCCN3)CC2)CC1. The molecule has 0 aromatic heterocycles. The van der Waals surface area contributed by atoms with Crippen LogP contribution < -0.4 is 10.6 Å². The van der Waals surface area contributed by atoms with Crippen molar-refractivity contribution >= 4 is 21.7 Å². The lowest BCUT2D eigenvalue weighted by molar-refractivity contribution is -0.141. The molecule has 1 atom stereocenters. The first-order valence-electron chi connectivity index (χ1n) is 13.4. The average Bonchev–Trinajstić information content (AvgIpc) is 3.66. The fourth-order valence-electron chi connectivity index (χ4n) is 6.19. The number of carbonyl (C=O) groups is 2. The van der Waals surface area contributed by atoms with Gasteiger partial charge in [-0.05, 0) is 95.9 Å². The molecule has 188 valence electrons. The Hall–Kier alpha value is -1.15. The maximum absolute atomic E-state index is 13.3. The van der Waals surface area contributed by atoms with Crippen molar-refractivity contribution in [1.82, 2.24) is 15.5 Å². The molecule has 1 heterocycles. The molecule has 0 bridgehead atoms. The summed E-state index contributed by atoms with van der Waals surface area (Å²) in [6, 6.07) is 0.605. The Bertz CT molecular complexity index is 775. The minimum atomic E-state index is -2.96. The average molecular weight is 482 g/mol. The molecule has 2 N–H and O–H groups in total. The predicted octanol–water partition coefficient (Wildman–Crippen LogP) is 3.14. The lowest BCUT2D eigenvalue weighted by Gasteiger charge is -2.39. The molecule has 0 spiro atoms. The standard InChI is InChI=1S/C25H43N3O4S/c1-2-33(31,32)22-14-6-18(7-15-22)17-24(29)27-20-10-8-19(9-11-20)25(30)28(21-12-13-21)23-5-3-4-16-26-23/h18-23,26H,2-17H2,1H3,(H,27,29). The Morgan fingerprint density at radius 2 is 1.61 bits per heavy atom. The number of amides is 2. The van der Waals surface area contributed by atoms with Gasteiger partial charge in [-0.3, -0.25) is 14.9 Å². The van der Waals surface area contributed by atoms with E-state index in [0.717, 1.165) is 64.3 Å². The van der Waals surface area contributed by atoms with Crippen LogP contribution in [0.5, 0.6) is 0 Å². The van der Waals surface area contributed by atoms with Crippen LogP contribution in [-0.2, 0) is 19.4 Å². The van der Waals surface area contributed by atoms with E-state index < -0.39 is 9.84 Å².